The fraction of sp³-hybridized carbons (Fsp3) is 0.840. The maximum atomic E-state index is 2.66. The molecule has 0 N–H and O–H groups in total. The first kappa shape index (κ1) is 19.2. The highest BCUT2D eigenvalue weighted by atomic mass is 14.5. The van der Waals surface area contributed by atoms with E-state index in [-0.39, 0.29) is 0 Å². The lowest BCUT2D eigenvalue weighted by Gasteiger charge is -2.25. The first-order valence-corrected chi connectivity index (χ1v) is 11.6. The third kappa shape index (κ3) is 5.48. The minimum atomic E-state index is 0.812. The number of allylic oxidation sites excluding steroid dienone is 4. The summed E-state index contributed by atoms with van der Waals surface area (Å²) in [6.45, 7) is 7.28. The summed E-state index contributed by atoms with van der Waals surface area (Å²) in [5.74, 6) is 5.58. The highest BCUT2D eigenvalue weighted by Gasteiger charge is 2.43. The zero-order valence-electron chi connectivity index (χ0n) is 17.2. The standard InChI is InChI=1S/C25H42/c1-4-5-11-21-12-7-6-8-13-23(17-24-18-25(24)20(21)3)22-14-9-10-19(2)15-16-22/h12,15-16,19-20,22-25H,4-11,13-14,17-18H2,1-3H3. The van der Waals surface area contributed by atoms with E-state index in [0.29, 0.717) is 0 Å². The molecule has 0 aliphatic heterocycles. The largest absolute Gasteiger partial charge is 0.0854 e. The zero-order valence-corrected chi connectivity index (χ0v) is 17.2. The molecule has 0 aromatic rings. The Labute approximate surface area is 157 Å². The van der Waals surface area contributed by atoms with E-state index in [1.54, 1.807) is 0 Å². The summed E-state index contributed by atoms with van der Waals surface area (Å²) in [6.07, 6.45) is 25.0. The summed E-state index contributed by atoms with van der Waals surface area (Å²) in [5.41, 5.74) is 1.82. The van der Waals surface area contributed by atoms with Crippen molar-refractivity contribution in [3.05, 3.63) is 23.8 Å². The Morgan fingerprint density at radius 3 is 2.64 bits per heavy atom. The van der Waals surface area contributed by atoms with Crippen molar-refractivity contribution < 1.29 is 0 Å². The van der Waals surface area contributed by atoms with Crippen molar-refractivity contribution in [2.45, 2.75) is 97.8 Å². The SMILES string of the molecule is CCCCC1=CCCCCC(C2C=CC(C)CCC2)CC2CC2C1C. The van der Waals surface area contributed by atoms with Gasteiger partial charge in [0.1, 0.15) is 0 Å². The van der Waals surface area contributed by atoms with E-state index in [9.17, 15) is 0 Å². The summed E-state index contributed by atoms with van der Waals surface area (Å²) in [5, 5.41) is 0. The van der Waals surface area contributed by atoms with Crippen molar-refractivity contribution in [2.75, 3.05) is 0 Å². The molecule has 0 nitrogen and oxygen atoms in total. The zero-order chi connectivity index (χ0) is 17.6. The molecule has 6 unspecified atom stereocenters. The molecule has 0 radical (unpaired) electrons. The van der Waals surface area contributed by atoms with Crippen molar-refractivity contribution in [1.29, 1.82) is 0 Å². The van der Waals surface area contributed by atoms with E-state index in [2.05, 4.69) is 39.0 Å². The average Bonchev–Trinajstić information content (AvgIpc) is 3.39. The third-order valence-corrected chi connectivity index (χ3v) is 7.55. The van der Waals surface area contributed by atoms with Crippen molar-refractivity contribution >= 4 is 0 Å². The molecule has 0 amide bonds. The van der Waals surface area contributed by atoms with E-state index in [4.69, 9.17) is 0 Å². The lowest BCUT2D eigenvalue weighted by molar-refractivity contribution is 0.294. The van der Waals surface area contributed by atoms with Gasteiger partial charge in [0, 0.05) is 0 Å². The molecule has 0 bridgehead atoms. The van der Waals surface area contributed by atoms with Gasteiger partial charge in [-0.25, -0.2) is 0 Å². The molecule has 25 heavy (non-hydrogen) atoms. The van der Waals surface area contributed by atoms with E-state index in [0.717, 1.165) is 35.5 Å². The van der Waals surface area contributed by atoms with Gasteiger partial charge in [-0.3, -0.25) is 0 Å². The molecular weight excluding hydrogens is 300 g/mol. The second-order valence-electron chi connectivity index (χ2n) is 9.57. The summed E-state index contributed by atoms with van der Waals surface area (Å²) >= 11 is 0. The Hall–Kier alpha value is -0.520. The van der Waals surface area contributed by atoms with Crippen LogP contribution >= 0.6 is 0 Å². The van der Waals surface area contributed by atoms with Gasteiger partial charge in [0.25, 0.3) is 0 Å². The topological polar surface area (TPSA) is 0 Å². The molecule has 0 saturated heterocycles. The van der Waals surface area contributed by atoms with Crippen molar-refractivity contribution in [3.8, 4) is 0 Å². The fourth-order valence-corrected chi connectivity index (χ4v) is 5.65. The van der Waals surface area contributed by atoms with Crippen LogP contribution in [0, 0.1) is 35.5 Å². The molecule has 1 fully saturated rings. The lowest BCUT2D eigenvalue weighted by Crippen LogP contribution is -2.15. The molecule has 3 rings (SSSR count). The first-order chi connectivity index (χ1) is 12.2. The predicted molar refractivity (Wildman–Crippen MR) is 111 cm³/mol. The normalized spacial score (nSPS) is 39.7. The van der Waals surface area contributed by atoms with Gasteiger partial charge in [-0.2, -0.15) is 0 Å². The van der Waals surface area contributed by atoms with Gasteiger partial charge in [-0.15, -0.1) is 0 Å². The molecule has 3 aliphatic carbocycles. The van der Waals surface area contributed by atoms with Crippen LogP contribution in [-0.4, -0.2) is 0 Å². The molecule has 6 atom stereocenters. The second-order valence-corrected chi connectivity index (χ2v) is 9.57. The third-order valence-electron chi connectivity index (χ3n) is 7.55. The van der Waals surface area contributed by atoms with Gasteiger partial charge in [-0.05, 0) is 93.3 Å². The van der Waals surface area contributed by atoms with Gasteiger partial charge >= 0.3 is 0 Å². The maximum Gasteiger partial charge on any atom is -0.0201 e. The second kappa shape index (κ2) is 9.43. The van der Waals surface area contributed by atoms with Crippen LogP contribution in [-0.2, 0) is 0 Å². The van der Waals surface area contributed by atoms with Gasteiger partial charge in [0.15, 0.2) is 0 Å². The van der Waals surface area contributed by atoms with Gasteiger partial charge in [0.05, 0.1) is 0 Å². The Bertz CT molecular complexity index is 457. The predicted octanol–water partition coefficient (Wildman–Crippen LogP) is 7.95. The van der Waals surface area contributed by atoms with Crippen LogP contribution in [0.3, 0.4) is 0 Å². The highest BCUT2D eigenvalue weighted by Crippen LogP contribution is 2.52. The summed E-state index contributed by atoms with van der Waals surface area (Å²) in [6, 6.07) is 0. The van der Waals surface area contributed by atoms with Crippen LogP contribution in [0.5, 0.6) is 0 Å². The van der Waals surface area contributed by atoms with Crippen LogP contribution in [0.25, 0.3) is 0 Å². The monoisotopic (exact) mass is 342 g/mol. The van der Waals surface area contributed by atoms with E-state index >= 15 is 0 Å². The minimum absolute atomic E-state index is 0.812. The quantitative estimate of drug-likeness (QED) is 0.455. The van der Waals surface area contributed by atoms with Gasteiger partial charge in [0.2, 0.25) is 0 Å². The number of hydrogen-bond donors (Lipinski definition) is 0. The Balaban J connectivity index is 1.64. The average molecular weight is 343 g/mol. The molecule has 0 aromatic heterocycles. The van der Waals surface area contributed by atoms with Crippen LogP contribution < -0.4 is 0 Å². The van der Waals surface area contributed by atoms with Crippen LogP contribution in [0.1, 0.15) is 97.8 Å². The number of hydrogen-bond acceptors (Lipinski definition) is 0. The minimum Gasteiger partial charge on any atom is -0.0854 e. The van der Waals surface area contributed by atoms with Crippen LogP contribution in [0.2, 0.25) is 0 Å². The van der Waals surface area contributed by atoms with Crippen molar-refractivity contribution in [3.63, 3.8) is 0 Å². The summed E-state index contributed by atoms with van der Waals surface area (Å²) in [4.78, 5) is 0. The van der Waals surface area contributed by atoms with Gasteiger partial charge in [-0.1, -0.05) is 63.8 Å². The first-order valence-electron chi connectivity index (χ1n) is 11.6. The molecule has 0 aromatic carbocycles. The Morgan fingerprint density at radius 2 is 1.80 bits per heavy atom. The number of fused-ring (bicyclic) bond motifs is 1. The van der Waals surface area contributed by atoms with Crippen molar-refractivity contribution in [2.24, 2.45) is 35.5 Å². The summed E-state index contributed by atoms with van der Waals surface area (Å²) in [7, 11) is 0. The smallest absolute Gasteiger partial charge is 0.0201 e. The van der Waals surface area contributed by atoms with Crippen LogP contribution in [0.15, 0.2) is 23.8 Å². The van der Waals surface area contributed by atoms with Crippen LogP contribution in [0.4, 0.5) is 0 Å². The molecule has 0 spiro atoms. The maximum absolute atomic E-state index is 2.66. The molecule has 3 aliphatic rings. The highest BCUT2D eigenvalue weighted by molar-refractivity contribution is 5.12. The van der Waals surface area contributed by atoms with Gasteiger partial charge < -0.3 is 0 Å². The summed E-state index contributed by atoms with van der Waals surface area (Å²) < 4.78 is 0. The van der Waals surface area contributed by atoms with Crippen molar-refractivity contribution in [1.82, 2.24) is 0 Å². The fourth-order valence-electron chi connectivity index (χ4n) is 5.65. The van der Waals surface area contributed by atoms with E-state index in [1.807, 2.05) is 5.57 Å². The molecular formula is C25H42. The number of unbranched alkanes of at least 4 members (excludes halogenated alkanes) is 1. The molecule has 0 heteroatoms. The lowest BCUT2D eigenvalue weighted by atomic mass is 9.80. The molecule has 0 heterocycles. The van der Waals surface area contributed by atoms with E-state index < -0.39 is 0 Å². The Morgan fingerprint density at radius 1 is 0.920 bits per heavy atom. The molecule has 1 saturated carbocycles. The number of rotatable bonds is 4. The molecule has 142 valence electrons. The van der Waals surface area contributed by atoms with E-state index in [1.165, 1.54) is 77.0 Å². The Kier molecular flexibility index (Phi) is 7.26.